The molecule has 0 spiro atoms. The van der Waals surface area contributed by atoms with E-state index in [4.69, 9.17) is 16.3 Å². The van der Waals surface area contributed by atoms with Gasteiger partial charge in [0.15, 0.2) is 0 Å². The summed E-state index contributed by atoms with van der Waals surface area (Å²) in [6.45, 7) is 1.86. The number of benzene rings is 1. The van der Waals surface area contributed by atoms with E-state index in [9.17, 15) is 4.79 Å². The lowest BCUT2D eigenvalue weighted by Gasteiger charge is -2.21. The second kappa shape index (κ2) is 8.51. The van der Waals surface area contributed by atoms with Gasteiger partial charge in [0, 0.05) is 30.6 Å². The topological polar surface area (TPSA) is 29.5 Å². The average molecular weight is 335 g/mol. The van der Waals surface area contributed by atoms with Crippen molar-refractivity contribution in [2.24, 2.45) is 0 Å². The molecule has 1 amide bonds. The fraction of sp³-hybridized carbons (Fsp3) is 0.462. The van der Waals surface area contributed by atoms with Crippen molar-refractivity contribution < 1.29 is 9.53 Å². The van der Waals surface area contributed by atoms with E-state index in [-0.39, 0.29) is 5.91 Å². The van der Waals surface area contributed by atoms with Crippen LogP contribution in [0, 0.1) is 0 Å². The third-order valence-corrected chi connectivity index (χ3v) is 3.15. The lowest BCUT2D eigenvalue weighted by Crippen LogP contribution is -2.36. The molecule has 0 aliphatic carbocycles. The predicted molar refractivity (Wildman–Crippen MR) is 77.4 cm³/mol. The Morgan fingerprint density at radius 1 is 1.33 bits per heavy atom. The van der Waals surface area contributed by atoms with Crippen molar-refractivity contribution in [2.75, 3.05) is 32.1 Å². The fourth-order valence-electron chi connectivity index (χ4n) is 1.55. The van der Waals surface area contributed by atoms with Gasteiger partial charge < -0.3 is 9.64 Å². The van der Waals surface area contributed by atoms with Crippen LogP contribution >= 0.6 is 27.5 Å². The molecular formula is C13H17BrClNO2. The molecule has 1 aromatic rings. The van der Waals surface area contributed by atoms with Gasteiger partial charge in [-0.3, -0.25) is 4.79 Å². The third kappa shape index (κ3) is 5.38. The molecule has 5 heteroatoms. The first-order valence-electron chi connectivity index (χ1n) is 5.74. The molecule has 1 aromatic carbocycles. The Bertz CT molecular complexity index is 370. The predicted octanol–water partition coefficient (Wildman–Crippen LogP) is 2.75. The van der Waals surface area contributed by atoms with Crippen LogP contribution in [0.2, 0.25) is 5.02 Å². The minimum Gasteiger partial charge on any atom is -0.383 e. The van der Waals surface area contributed by atoms with Gasteiger partial charge in [-0.15, -0.1) is 0 Å². The minimum absolute atomic E-state index is 0.105. The van der Waals surface area contributed by atoms with Crippen molar-refractivity contribution in [1.82, 2.24) is 4.90 Å². The highest BCUT2D eigenvalue weighted by Gasteiger charge is 2.13. The highest BCUT2D eigenvalue weighted by atomic mass is 79.9. The van der Waals surface area contributed by atoms with E-state index >= 15 is 0 Å². The Morgan fingerprint density at radius 3 is 2.56 bits per heavy atom. The second-order valence-corrected chi connectivity index (χ2v) is 5.10. The standard InChI is InChI=1S/C13H17BrClNO2/c1-18-9-8-16(7-6-14)13(17)10-11-2-4-12(15)5-3-11/h2-5H,6-10H2,1H3. The zero-order chi connectivity index (χ0) is 13.4. The van der Waals surface area contributed by atoms with Crippen LogP contribution in [-0.2, 0) is 16.0 Å². The molecule has 0 aromatic heterocycles. The van der Waals surface area contributed by atoms with Gasteiger partial charge in [-0.25, -0.2) is 0 Å². The lowest BCUT2D eigenvalue weighted by molar-refractivity contribution is -0.130. The molecule has 18 heavy (non-hydrogen) atoms. The summed E-state index contributed by atoms with van der Waals surface area (Å²) in [6, 6.07) is 7.36. The minimum atomic E-state index is 0.105. The first-order chi connectivity index (χ1) is 8.67. The summed E-state index contributed by atoms with van der Waals surface area (Å²) in [7, 11) is 1.63. The molecule has 0 unspecified atom stereocenters. The maximum absolute atomic E-state index is 12.1. The van der Waals surface area contributed by atoms with Crippen LogP contribution in [-0.4, -0.2) is 42.9 Å². The summed E-state index contributed by atoms with van der Waals surface area (Å²) in [5.41, 5.74) is 0.974. The molecule has 0 saturated heterocycles. The number of hydrogen-bond donors (Lipinski definition) is 0. The number of alkyl halides is 1. The largest absolute Gasteiger partial charge is 0.383 e. The number of hydrogen-bond acceptors (Lipinski definition) is 2. The molecule has 0 fully saturated rings. The molecule has 100 valence electrons. The Balaban J connectivity index is 2.57. The van der Waals surface area contributed by atoms with Crippen molar-refractivity contribution in [3.8, 4) is 0 Å². The maximum atomic E-state index is 12.1. The molecule has 3 nitrogen and oxygen atoms in total. The number of nitrogens with zero attached hydrogens (tertiary/aromatic N) is 1. The highest BCUT2D eigenvalue weighted by molar-refractivity contribution is 9.09. The molecule has 0 atom stereocenters. The SMILES string of the molecule is COCCN(CCBr)C(=O)Cc1ccc(Cl)cc1. The van der Waals surface area contributed by atoms with Crippen LogP contribution in [0.15, 0.2) is 24.3 Å². The van der Waals surface area contributed by atoms with Crippen LogP contribution in [0.25, 0.3) is 0 Å². The Morgan fingerprint density at radius 2 is 2.00 bits per heavy atom. The van der Waals surface area contributed by atoms with E-state index in [0.717, 1.165) is 10.9 Å². The molecule has 0 saturated carbocycles. The molecular weight excluding hydrogens is 318 g/mol. The molecule has 0 N–H and O–H groups in total. The molecule has 0 aliphatic heterocycles. The van der Waals surface area contributed by atoms with Crippen molar-refractivity contribution in [3.63, 3.8) is 0 Å². The highest BCUT2D eigenvalue weighted by Crippen LogP contribution is 2.11. The number of ether oxygens (including phenoxy) is 1. The van der Waals surface area contributed by atoms with E-state index in [1.54, 1.807) is 24.1 Å². The number of rotatable bonds is 7. The fourth-order valence-corrected chi connectivity index (χ4v) is 2.11. The van der Waals surface area contributed by atoms with Crippen LogP contribution in [0.1, 0.15) is 5.56 Å². The van der Waals surface area contributed by atoms with Gasteiger partial charge >= 0.3 is 0 Å². The van der Waals surface area contributed by atoms with Crippen molar-refractivity contribution in [2.45, 2.75) is 6.42 Å². The zero-order valence-electron chi connectivity index (χ0n) is 10.4. The van der Waals surface area contributed by atoms with E-state index < -0.39 is 0 Å². The van der Waals surface area contributed by atoms with Crippen LogP contribution in [0.5, 0.6) is 0 Å². The monoisotopic (exact) mass is 333 g/mol. The number of methoxy groups -OCH3 is 1. The van der Waals surface area contributed by atoms with Crippen molar-refractivity contribution in [3.05, 3.63) is 34.9 Å². The molecule has 0 aliphatic rings. The summed E-state index contributed by atoms with van der Waals surface area (Å²) in [5.74, 6) is 0.105. The summed E-state index contributed by atoms with van der Waals surface area (Å²) in [6.07, 6.45) is 0.397. The van der Waals surface area contributed by atoms with E-state index in [1.165, 1.54) is 0 Å². The van der Waals surface area contributed by atoms with Gasteiger partial charge in [0.1, 0.15) is 0 Å². The number of amides is 1. The Labute approximate surface area is 121 Å². The smallest absolute Gasteiger partial charge is 0.227 e. The van der Waals surface area contributed by atoms with Crippen molar-refractivity contribution >= 4 is 33.4 Å². The van der Waals surface area contributed by atoms with Gasteiger partial charge in [-0.2, -0.15) is 0 Å². The van der Waals surface area contributed by atoms with E-state index in [0.29, 0.717) is 31.1 Å². The van der Waals surface area contributed by atoms with Crippen LogP contribution in [0.3, 0.4) is 0 Å². The van der Waals surface area contributed by atoms with Gasteiger partial charge in [-0.05, 0) is 17.7 Å². The summed E-state index contributed by atoms with van der Waals surface area (Å²) < 4.78 is 5.01. The molecule has 0 heterocycles. The third-order valence-electron chi connectivity index (χ3n) is 2.54. The first kappa shape index (κ1) is 15.5. The molecule has 0 bridgehead atoms. The maximum Gasteiger partial charge on any atom is 0.227 e. The molecule has 0 radical (unpaired) electrons. The van der Waals surface area contributed by atoms with Gasteiger partial charge in [0.05, 0.1) is 13.0 Å². The number of halogens is 2. The number of carbonyl (C=O) groups excluding carboxylic acids is 1. The average Bonchev–Trinajstić information content (AvgIpc) is 2.37. The lowest BCUT2D eigenvalue weighted by atomic mass is 10.1. The summed E-state index contributed by atoms with van der Waals surface area (Å²) >= 11 is 9.16. The first-order valence-corrected chi connectivity index (χ1v) is 7.24. The van der Waals surface area contributed by atoms with Crippen LogP contribution in [0.4, 0.5) is 0 Å². The van der Waals surface area contributed by atoms with Crippen molar-refractivity contribution in [1.29, 1.82) is 0 Å². The Kier molecular flexibility index (Phi) is 7.32. The van der Waals surface area contributed by atoms with Gasteiger partial charge in [0.25, 0.3) is 0 Å². The normalized spacial score (nSPS) is 10.4. The van der Waals surface area contributed by atoms with E-state index in [1.807, 2.05) is 12.1 Å². The van der Waals surface area contributed by atoms with Gasteiger partial charge in [-0.1, -0.05) is 39.7 Å². The van der Waals surface area contributed by atoms with Gasteiger partial charge in [0.2, 0.25) is 5.91 Å². The van der Waals surface area contributed by atoms with Crippen LogP contribution < -0.4 is 0 Å². The van der Waals surface area contributed by atoms with E-state index in [2.05, 4.69) is 15.9 Å². The Hall–Kier alpha value is -0.580. The summed E-state index contributed by atoms with van der Waals surface area (Å²) in [4.78, 5) is 13.9. The second-order valence-electron chi connectivity index (χ2n) is 3.87. The molecule has 1 rings (SSSR count). The quantitative estimate of drug-likeness (QED) is 0.718. The zero-order valence-corrected chi connectivity index (χ0v) is 12.7. The summed E-state index contributed by atoms with van der Waals surface area (Å²) in [5, 5.41) is 1.45. The number of carbonyl (C=O) groups is 1.